The van der Waals surface area contributed by atoms with Crippen LogP contribution in [0.1, 0.15) is 105 Å². The van der Waals surface area contributed by atoms with Gasteiger partial charge in [0.1, 0.15) is 5.78 Å². The van der Waals surface area contributed by atoms with Gasteiger partial charge in [0, 0.05) is 19.4 Å². The molecule has 0 aromatic carbocycles. The quantitative estimate of drug-likeness (QED) is 0.352. The van der Waals surface area contributed by atoms with Crippen molar-refractivity contribution in [1.82, 2.24) is 0 Å². The molecular weight excluding hydrogens is 356 g/mol. The van der Waals surface area contributed by atoms with Crippen LogP contribution in [0, 0.1) is 40.4 Å². The lowest BCUT2D eigenvalue weighted by molar-refractivity contribution is -0.127. The Morgan fingerprint density at radius 2 is 1.97 bits per heavy atom. The number of hydrogen-bond donors (Lipinski definition) is 1. The predicted molar refractivity (Wildman–Crippen MR) is 122 cm³/mol. The van der Waals surface area contributed by atoms with E-state index in [1.54, 1.807) is 5.57 Å². The van der Waals surface area contributed by atoms with Crippen molar-refractivity contribution >= 4 is 5.78 Å². The molecule has 2 saturated carbocycles. The number of Topliss-reactive ketones (excluding diaryl/α,β-unsaturated/α-hetero) is 1. The van der Waals surface area contributed by atoms with Gasteiger partial charge < -0.3 is 5.11 Å². The molecule has 7 unspecified atom stereocenters. The molecule has 0 aromatic rings. The smallest absolute Gasteiger partial charge is 0.133 e. The number of aliphatic hydroxyl groups excluding tert-OH is 1. The second-order valence-corrected chi connectivity index (χ2v) is 11.3. The molecular formula is C27H46O2. The van der Waals surface area contributed by atoms with Crippen molar-refractivity contribution in [3.8, 4) is 0 Å². The van der Waals surface area contributed by atoms with Crippen molar-refractivity contribution in [2.24, 2.45) is 40.4 Å². The second kappa shape index (κ2) is 9.25. The number of carbonyl (C=O) groups excluding carboxylic acids is 1. The molecule has 0 bridgehead atoms. The van der Waals surface area contributed by atoms with E-state index < -0.39 is 0 Å². The summed E-state index contributed by atoms with van der Waals surface area (Å²) in [6, 6.07) is 0. The Hall–Kier alpha value is -0.630. The Kier molecular flexibility index (Phi) is 7.35. The molecule has 0 saturated heterocycles. The average molecular weight is 403 g/mol. The van der Waals surface area contributed by atoms with Gasteiger partial charge in [-0.25, -0.2) is 0 Å². The highest BCUT2D eigenvalue weighted by molar-refractivity contribution is 5.79. The minimum absolute atomic E-state index is 0.335. The normalized spacial score (nSPS) is 39.3. The van der Waals surface area contributed by atoms with Gasteiger partial charge in [0.15, 0.2) is 0 Å². The van der Waals surface area contributed by atoms with Gasteiger partial charge in [0.25, 0.3) is 0 Å². The van der Waals surface area contributed by atoms with E-state index in [-0.39, 0.29) is 0 Å². The highest BCUT2D eigenvalue weighted by atomic mass is 16.2. The third-order valence-corrected chi connectivity index (χ3v) is 9.94. The number of allylic oxidation sites excluding steroid dienone is 2. The first kappa shape index (κ1) is 23.0. The van der Waals surface area contributed by atoms with Gasteiger partial charge in [-0.3, -0.25) is 4.79 Å². The molecule has 166 valence electrons. The van der Waals surface area contributed by atoms with E-state index >= 15 is 0 Å². The van der Waals surface area contributed by atoms with E-state index in [2.05, 4.69) is 40.7 Å². The summed E-state index contributed by atoms with van der Waals surface area (Å²) in [7, 11) is 0. The van der Waals surface area contributed by atoms with Crippen LogP contribution in [0.4, 0.5) is 0 Å². The van der Waals surface area contributed by atoms with E-state index in [0.717, 1.165) is 50.4 Å². The van der Waals surface area contributed by atoms with Crippen molar-refractivity contribution in [2.45, 2.75) is 105 Å². The number of fused-ring (bicyclic) bond motifs is 3. The highest BCUT2D eigenvalue weighted by Crippen LogP contribution is 2.63. The van der Waals surface area contributed by atoms with Gasteiger partial charge in [-0.1, -0.05) is 72.0 Å². The van der Waals surface area contributed by atoms with Gasteiger partial charge in [0.2, 0.25) is 0 Å². The van der Waals surface area contributed by atoms with E-state index in [1.807, 2.05) is 0 Å². The maximum Gasteiger partial charge on any atom is 0.133 e. The van der Waals surface area contributed by atoms with Crippen LogP contribution in [0.3, 0.4) is 0 Å². The van der Waals surface area contributed by atoms with Crippen LogP contribution >= 0.6 is 0 Å². The van der Waals surface area contributed by atoms with Crippen molar-refractivity contribution in [3.63, 3.8) is 0 Å². The number of unbranched alkanes of at least 4 members (excludes halogenated alkanes) is 2. The maximum absolute atomic E-state index is 12.1. The van der Waals surface area contributed by atoms with Crippen LogP contribution < -0.4 is 0 Å². The topological polar surface area (TPSA) is 37.3 Å². The predicted octanol–water partition coefficient (Wildman–Crippen LogP) is 6.96. The molecule has 2 heteroatoms. The fraction of sp³-hybridized carbons (Fsp3) is 0.889. The molecule has 3 aliphatic carbocycles. The van der Waals surface area contributed by atoms with Crippen molar-refractivity contribution in [2.75, 3.05) is 6.61 Å². The molecule has 0 radical (unpaired) electrons. The Morgan fingerprint density at radius 1 is 1.21 bits per heavy atom. The highest BCUT2D eigenvalue weighted by Gasteiger charge is 2.54. The number of ketones is 1. The molecule has 3 rings (SSSR count). The summed E-state index contributed by atoms with van der Waals surface area (Å²) in [6.45, 7) is 12.8. The Labute approximate surface area is 179 Å². The Balaban J connectivity index is 1.76. The first-order valence-electron chi connectivity index (χ1n) is 12.6. The maximum atomic E-state index is 12.1. The summed E-state index contributed by atoms with van der Waals surface area (Å²) in [6.07, 6.45) is 15.0. The van der Waals surface area contributed by atoms with Crippen molar-refractivity contribution in [3.05, 3.63) is 11.6 Å². The summed E-state index contributed by atoms with van der Waals surface area (Å²) >= 11 is 0. The zero-order chi connectivity index (χ0) is 21.2. The van der Waals surface area contributed by atoms with Gasteiger partial charge in [-0.2, -0.15) is 0 Å². The first-order chi connectivity index (χ1) is 13.8. The number of carbonyl (C=O) groups is 1. The summed E-state index contributed by atoms with van der Waals surface area (Å²) < 4.78 is 0. The molecule has 7 atom stereocenters. The van der Waals surface area contributed by atoms with E-state index in [1.165, 1.54) is 32.1 Å². The van der Waals surface area contributed by atoms with Crippen LogP contribution in [0.25, 0.3) is 0 Å². The third kappa shape index (κ3) is 4.25. The van der Waals surface area contributed by atoms with E-state index in [0.29, 0.717) is 41.0 Å². The first-order valence-corrected chi connectivity index (χ1v) is 12.6. The molecule has 0 heterocycles. The Morgan fingerprint density at radius 3 is 2.66 bits per heavy atom. The molecule has 0 aromatic heterocycles. The molecule has 0 aliphatic heterocycles. The van der Waals surface area contributed by atoms with Gasteiger partial charge in [0.05, 0.1) is 0 Å². The molecule has 3 aliphatic rings. The average Bonchev–Trinajstić information content (AvgIpc) is 2.69. The van der Waals surface area contributed by atoms with Crippen LogP contribution in [0.15, 0.2) is 11.6 Å². The lowest BCUT2D eigenvalue weighted by atomic mass is 9.46. The van der Waals surface area contributed by atoms with Gasteiger partial charge >= 0.3 is 0 Å². The lowest BCUT2D eigenvalue weighted by Crippen LogP contribution is -2.50. The summed E-state index contributed by atoms with van der Waals surface area (Å²) in [5.41, 5.74) is 2.49. The fourth-order valence-corrected chi connectivity index (χ4v) is 7.84. The molecule has 1 N–H and O–H groups in total. The summed E-state index contributed by atoms with van der Waals surface area (Å²) in [5, 5.41) is 9.07. The minimum Gasteiger partial charge on any atom is -0.396 e. The second-order valence-electron chi connectivity index (χ2n) is 11.3. The molecule has 0 spiro atoms. The SMILES string of the molecule is CCC(C(C)CCCCCO)C1(C)CCC2C(=CCC3CC(=O)CCC32C)C1C. The largest absolute Gasteiger partial charge is 0.396 e. The van der Waals surface area contributed by atoms with Gasteiger partial charge in [-0.15, -0.1) is 0 Å². The number of hydrogen-bond acceptors (Lipinski definition) is 2. The van der Waals surface area contributed by atoms with Gasteiger partial charge in [-0.05, 0) is 72.5 Å². The molecule has 2 nitrogen and oxygen atoms in total. The van der Waals surface area contributed by atoms with Crippen molar-refractivity contribution in [1.29, 1.82) is 0 Å². The third-order valence-electron chi connectivity index (χ3n) is 9.94. The lowest BCUT2D eigenvalue weighted by Gasteiger charge is -2.58. The minimum atomic E-state index is 0.335. The summed E-state index contributed by atoms with van der Waals surface area (Å²) in [5.74, 6) is 3.96. The molecule has 29 heavy (non-hydrogen) atoms. The fourth-order valence-electron chi connectivity index (χ4n) is 7.84. The zero-order valence-electron chi connectivity index (χ0n) is 19.8. The van der Waals surface area contributed by atoms with Crippen LogP contribution in [0.5, 0.6) is 0 Å². The molecule has 0 amide bonds. The van der Waals surface area contributed by atoms with Crippen LogP contribution in [-0.2, 0) is 4.79 Å². The number of rotatable bonds is 8. The van der Waals surface area contributed by atoms with Crippen LogP contribution in [-0.4, -0.2) is 17.5 Å². The zero-order valence-corrected chi connectivity index (χ0v) is 19.8. The molecule has 2 fully saturated rings. The number of aliphatic hydroxyl groups is 1. The van der Waals surface area contributed by atoms with Crippen LogP contribution in [0.2, 0.25) is 0 Å². The Bertz CT molecular complexity index is 608. The van der Waals surface area contributed by atoms with E-state index in [4.69, 9.17) is 5.11 Å². The monoisotopic (exact) mass is 402 g/mol. The van der Waals surface area contributed by atoms with Crippen molar-refractivity contribution < 1.29 is 9.90 Å². The summed E-state index contributed by atoms with van der Waals surface area (Å²) in [4.78, 5) is 12.1. The standard InChI is InChI=1S/C27H46O2/c1-6-24(19(2)10-8-7-9-17-28)26(4)16-14-25-23(20(26)3)12-11-21-18-22(29)13-15-27(21,25)5/h12,19-21,24-25,28H,6-11,13-18H2,1-5H3. The van der Waals surface area contributed by atoms with E-state index in [9.17, 15) is 4.79 Å².